The summed E-state index contributed by atoms with van der Waals surface area (Å²) in [6, 6.07) is 12.2. The van der Waals surface area contributed by atoms with Crippen LogP contribution >= 0.6 is 11.6 Å². The lowest BCUT2D eigenvalue weighted by molar-refractivity contribution is 0.580. The van der Waals surface area contributed by atoms with Crippen LogP contribution in [0.25, 0.3) is 0 Å². The first-order valence-corrected chi connectivity index (χ1v) is 6.20. The standard InChI is InChI=1S/C15H15ClFN/c1-10-2-4-11(5-3-10)8-15(18)13-9-12(16)6-7-14(13)17/h2-7,9,15H,8,18H2,1H3. The molecule has 0 aromatic heterocycles. The summed E-state index contributed by atoms with van der Waals surface area (Å²) in [6.45, 7) is 2.03. The van der Waals surface area contributed by atoms with Crippen LogP contribution in [0.4, 0.5) is 4.39 Å². The fourth-order valence-corrected chi connectivity index (χ4v) is 2.07. The molecule has 2 aromatic rings. The minimum atomic E-state index is -0.383. The van der Waals surface area contributed by atoms with Crippen LogP contribution in [-0.4, -0.2) is 0 Å². The largest absolute Gasteiger partial charge is 0.324 e. The molecular formula is C15H15ClFN. The Kier molecular flexibility index (Phi) is 4.00. The van der Waals surface area contributed by atoms with Gasteiger partial charge in [-0.3, -0.25) is 0 Å². The maximum atomic E-state index is 13.6. The summed E-state index contributed by atoms with van der Waals surface area (Å²) in [5, 5.41) is 0.505. The third kappa shape index (κ3) is 3.09. The molecule has 0 aliphatic heterocycles. The van der Waals surface area contributed by atoms with Gasteiger partial charge in [0.25, 0.3) is 0 Å². The molecule has 1 unspecified atom stereocenters. The fraction of sp³-hybridized carbons (Fsp3) is 0.200. The van der Waals surface area contributed by atoms with E-state index in [0.29, 0.717) is 17.0 Å². The highest BCUT2D eigenvalue weighted by molar-refractivity contribution is 6.30. The van der Waals surface area contributed by atoms with E-state index in [-0.39, 0.29) is 11.9 Å². The van der Waals surface area contributed by atoms with Crippen LogP contribution in [-0.2, 0) is 6.42 Å². The highest BCUT2D eigenvalue weighted by Gasteiger charge is 2.12. The Hall–Kier alpha value is -1.38. The van der Waals surface area contributed by atoms with Crippen molar-refractivity contribution in [1.29, 1.82) is 0 Å². The van der Waals surface area contributed by atoms with Crippen LogP contribution < -0.4 is 5.73 Å². The molecule has 0 heterocycles. The van der Waals surface area contributed by atoms with Crippen molar-refractivity contribution in [3.63, 3.8) is 0 Å². The summed E-state index contributed by atoms with van der Waals surface area (Å²) in [4.78, 5) is 0. The number of rotatable bonds is 3. The van der Waals surface area contributed by atoms with Crippen molar-refractivity contribution in [3.05, 3.63) is 70.0 Å². The van der Waals surface area contributed by atoms with Gasteiger partial charge in [0.1, 0.15) is 5.82 Å². The van der Waals surface area contributed by atoms with Crippen LogP contribution in [0.3, 0.4) is 0 Å². The number of hydrogen-bond donors (Lipinski definition) is 1. The van der Waals surface area contributed by atoms with Crippen molar-refractivity contribution in [2.24, 2.45) is 5.73 Å². The molecule has 1 nitrogen and oxygen atoms in total. The minimum absolute atomic E-state index is 0.306. The van der Waals surface area contributed by atoms with Crippen molar-refractivity contribution < 1.29 is 4.39 Å². The van der Waals surface area contributed by atoms with Gasteiger partial charge in [0, 0.05) is 16.6 Å². The lowest BCUT2D eigenvalue weighted by Crippen LogP contribution is -2.15. The number of aryl methyl sites for hydroxylation is 1. The first-order chi connectivity index (χ1) is 8.56. The molecule has 0 aliphatic rings. The van der Waals surface area contributed by atoms with Crippen molar-refractivity contribution in [3.8, 4) is 0 Å². The molecular weight excluding hydrogens is 249 g/mol. The van der Waals surface area contributed by atoms with E-state index in [1.165, 1.54) is 17.7 Å². The van der Waals surface area contributed by atoms with Gasteiger partial charge in [0.2, 0.25) is 0 Å². The van der Waals surface area contributed by atoms with E-state index in [4.69, 9.17) is 17.3 Å². The Bertz CT molecular complexity index is 537. The molecule has 2 N–H and O–H groups in total. The van der Waals surface area contributed by atoms with Gasteiger partial charge in [-0.25, -0.2) is 4.39 Å². The predicted molar refractivity (Wildman–Crippen MR) is 73.2 cm³/mol. The first-order valence-electron chi connectivity index (χ1n) is 5.82. The van der Waals surface area contributed by atoms with Crippen molar-refractivity contribution in [1.82, 2.24) is 0 Å². The molecule has 0 saturated carbocycles. The Morgan fingerprint density at radius 3 is 2.50 bits per heavy atom. The summed E-state index contributed by atoms with van der Waals surface area (Å²) >= 11 is 5.86. The lowest BCUT2D eigenvalue weighted by atomic mass is 9.99. The molecule has 0 saturated heterocycles. The first kappa shape index (κ1) is 13.1. The maximum absolute atomic E-state index is 13.6. The SMILES string of the molecule is Cc1ccc(CC(N)c2cc(Cl)ccc2F)cc1. The van der Waals surface area contributed by atoms with Gasteiger partial charge in [0.15, 0.2) is 0 Å². The molecule has 0 aliphatic carbocycles. The molecule has 1 atom stereocenters. The molecule has 18 heavy (non-hydrogen) atoms. The lowest BCUT2D eigenvalue weighted by Gasteiger charge is -2.13. The highest BCUT2D eigenvalue weighted by Crippen LogP contribution is 2.22. The smallest absolute Gasteiger partial charge is 0.128 e. The second-order valence-electron chi connectivity index (χ2n) is 4.46. The van der Waals surface area contributed by atoms with E-state index >= 15 is 0 Å². The molecule has 2 aromatic carbocycles. The summed E-state index contributed by atoms with van der Waals surface area (Å²) in [7, 11) is 0. The molecule has 2 rings (SSSR count). The zero-order valence-corrected chi connectivity index (χ0v) is 10.9. The summed E-state index contributed by atoms with van der Waals surface area (Å²) in [5.74, 6) is -0.306. The molecule has 0 fully saturated rings. The van der Waals surface area contributed by atoms with E-state index < -0.39 is 0 Å². The van der Waals surface area contributed by atoms with Crippen LogP contribution in [0.5, 0.6) is 0 Å². The Morgan fingerprint density at radius 2 is 1.83 bits per heavy atom. The molecule has 0 spiro atoms. The van der Waals surface area contributed by atoms with Crippen molar-refractivity contribution >= 4 is 11.6 Å². The molecule has 0 radical (unpaired) electrons. The van der Waals surface area contributed by atoms with Crippen LogP contribution in [0.2, 0.25) is 5.02 Å². The van der Waals surface area contributed by atoms with Gasteiger partial charge in [-0.05, 0) is 37.1 Å². The predicted octanol–water partition coefficient (Wildman–Crippen LogP) is 4.03. The van der Waals surface area contributed by atoms with Gasteiger partial charge >= 0.3 is 0 Å². The van der Waals surface area contributed by atoms with Gasteiger partial charge in [0.05, 0.1) is 0 Å². The van der Waals surface area contributed by atoms with E-state index in [0.717, 1.165) is 5.56 Å². The van der Waals surface area contributed by atoms with Crippen LogP contribution in [0.15, 0.2) is 42.5 Å². The van der Waals surface area contributed by atoms with E-state index in [2.05, 4.69) is 0 Å². The topological polar surface area (TPSA) is 26.0 Å². The monoisotopic (exact) mass is 263 g/mol. The van der Waals surface area contributed by atoms with E-state index in [1.54, 1.807) is 6.07 Å². The number of halogens is 2. The summed E-state index contributed by atoms with van der Waals surface area (Å²) in [5.41, 5.74) is 8.78. The van der Waals surface area contributed by atoms with Gasteiger partial charge < -0.3 is 5.73 Å². The molecule has 94 valence electrons. The van der Waals surface area contributed by atoms with Gasteiger partial charge in [-0.15, -0.1) is 0 Å². The summed E-state index contributed by atoms with van der Waals surface area (Å²) in [6.07, 6.45) is 0.595. The molecule has 0 amide bonds. The second kappa shape index (κ2) is 5.51. The zero-order valence-electron chi connectivity index (χ0n) is 10.2. The van der Waals surface area contributed by atoms with Crippen molar-refractivity contribution in [2.45, 2.75) is 19.4 Å². The highest BCUT2D eigenvalue weighted by atomic mass is 35.5. The Balaban J connectivity index is 2.18. The van der Waals surface area contributed by atoms with Gasteiger partial charge in [-0.1, -0.05) is 41.4 Å². The third-order valence-electron chi connectivity index (χ3n) is 2.93. The van der Waals surface area contributed by atoms with Crippen LogP contribution in [0, 0.1) is 12.7 Å². The normalized spacial score (nSPS) is 12.4. The number of benzene rings is 2. The van der Waals surface area contributed by atoms with E-state index in [9.17, 15) is 4.39 Å². The average molecular weight is 264 g/mol. The third-order valence-corrected chi connectivity index (χ3v) is 3.17. The molecule has 3 heteroatoms. The minimum Gasteiger partial charge on any atom is -0.324 e. The van der Waals surface area contributed by atoms with Crippen molar-refractivity contribution in [2.75, 3.05) is 0 Å². The summed E-state index contributed by atoms with van der Waals surface area (Å²) < 4.78 is 13.6. The molecule has 0 bridgehead atoms. The average Bonchev–Trinajstić information content (AvgIpc) is 2.35. The Morgan fingerprint density at radius 1 is 1.17 bits per heavy atom. The fourth-order valence-electron chi connectivity index (χ4n) is 1.89. The van der Waals surface area contributed by atoms with Gasteiger partial charge in [-0.2, -0.15) is 0 Å². The maximum Gasteiger partial charge on any atom is 0.128 e. The second-order valence-corrected chi connectivity index (χ2v) is 4.90. The zero-order chi connectivity index (χ0) is 13.1. The Labute approximate surface area is 111 Å². The number of hydrogen-bond acceptors (Lipinski definition) is 1. The van der Waals surface area contributed by atoms with Crippen LogP contribution in [0.1, 0.15) is 22.7 Å². The van der Waals surface area contributed by atoms with E-state index in [1.807, 2.05) is 31.2 Å². The quantitative estimate of drug-likeness (QED) is 0.889. The number of nitrogens with two attached hydrogens (primary N) is 1.